The smallest absolute Gasteiger partial charge is 0.214 e. The van der Waals surface area contributed by atoms with Crippen LogP contribution in [0.3, 0.4) is 0 Å². The maximum absolute atomic E-state index is 11.7. The third-order valence-corrected chi connectivity index (χ3v) is 3.95. The van der Waals surface area contributed by atoms with Crippen molar-refractivity contribution in [2.75, 3.05) is 45.3 Å². The molecule has 20 heavy (non-hydrogen) atoms. The molecule has 1 aromatic rings. The number of nitrogens with zero attached hydrogens (tertiary/aromatic N) is 1. The van der Waals surface area contributed by atoms with Crippen LogP contribution in [-0.2, 0) is 10.0 Å². The number of hydrogen-bond donors (Lipinski definition) is 2. The Labute approximate surface area is 121 Å². The van der Waals surface area contributed by atoms with Crippen LogP contribution in [0.1, 0.15) is 6.42 Å². The van der Waals surface area contributed by atoms with Crippen molar-refractivity contribution >= 4 is 15.7 Å². The van der Waals surface area contributed by atoms with Crippen LogP contribution in [0, 0.1) is 0 Å². The van der Waals surface area contributed by atoms with E-state index in [1.54, 1.807) is 24.3 Å². The minimum atomic E-state index is -3.28. The fourth-order valence-corrected chi connectivity index (χ4v) is 2.43. The zero-order valence-electron chi connectivity index (χ0n) is 12.0. The Bertz CT molecular complexity index is 486. The highest BCUT2D eigenvalue weighted by molar-refractivity contribution is 7.89. The molecule has 0 spiro atoms. The number of hydrogen-bond acceptors (Lipinski definition) is 5. The Morgan fingerprint density at radius 3 is 2.50 bits per heavy atom. The molecule has 0 aliphatic carbocycles. The summed E-state index contributed by atoms with van der Waals surface area (Å²) in [6.07, 6.45) is 0.783. The molecule has 0 unspecified atom stereocenters. The maximum atomic E-state index is 11.7. The molecule has 0 atom stereocenters. The van der Waals surface area contributed by atoms with E-state index in [0.717, 1.165) is 13.0 Å². The van der Waals surface area contributed by atoms with Gasteiger partial charge in [-0.2, -0.15) is 0 Å². The fraction of sp³-hybridized carbons (Fsp3) is 0.538. The molecule has 0 aliphatic rings. The molecule has 0 amide bonds. The van der Waals surface area contributed by atoms with Gasteiger partial charge in [0.1, 0.15) is 12.4 Å². The first-order valence-electron chi connectivity index (χ1n) is 6.49. The van der Waals surface area contributed by atoms with Crippen molar-refractivity contribution in [2.24, 2.45) is 0 Å². The van der Waals surface area contributed by atoms with Gasteiger partial charge in [-0.15, -0.1) is 0 Å². The molecule has 1 rings (SSSR count). The van der Waals surface area contributed by atoms with E-state index in [0.29, 0.717) is 18.0 Å². The van der Waals surface area contributed by atoms with Gasteiger partial charge in [0.15, 0.2) is 0 Å². The standard InChI is InChI=1S/C13H23N3O3S/c1-16(2)9-3-8-15-20(17,18)11-10-19-13-6-4-12(14)5-7-13/h4-7,15H,3,8-11,14H2,1-2H3. The highest BCUT2D eigenvalue weighted by Gasteiger charge is 2.09. The molecule has 7 heteroatoms. The first-order valence-corrected chi connectivity index (χ1v) is 8.15. The minimum Gasteiger partial charge on any atom is -0.492 e. The van der Waals surface area contributed by atoms with Crippen LogP contribution in [0.25, 0.3) is 0 Å². The van der Waals surface area contributed by atoms with Gasteiger partial charge in [-0.25, -0.2) is 13.1 Å². The van der Waals surface area contributed by atoms with E-state index in [1.807, 2.05) is 19.0 Å². The third-order valence-electron chi connectivity index (χ3n) is 2.60. The fourth-order valence-electron chi connectivity index (χ4n) is 1.53. The first-order chi connectivity index (χ1) is 9.39. The summed E-state index contributed by atoms with van der Waals surface area (Å²) < 4.78 is 31.3. The monoisotopic (exact) mass is 301 g/mol. The molecule has 0 aliphatic heterocycles. The normalized spacial score (nSPS) is 11.8. The van der Waals surface area contributed by atoms with Crippen LogP contribution in [0.4, 0.5) is 5.69 Å². The van der Waals surface area contributed by atoms with Crippen molar-refractivity contribution in [3.05, 3.63) is 24.3 Å². The third kappa shape index (κ3) is 7.32. The predicted molar refractivity (Wildman–Crippen MR) is 81.3 cm³/mol. The Hall–Kier alpha value is -1.31. The lowest BCUT2D eigenvalue weighted by atomic mass is 10.3. The number of sulfonamides is 1. The minimum absolute atomic E-state index is 0.0562. The van der Waals surface area contributed by atoms with E-state index < -0.39 is 10.0 Å². The quantitative estimate of drug-likeness (QED) is 0.513. The molecule has 0 radical (unpaired) electrons. The summed E-state index contributed by atoms with van der Waals surface area (Å²) in [5.41, 5.74) is 6.19. The summed E-state index contributed by atoms with van der Waals surface area (Å²) >= 11 is 0. The van der Waals surface area contributed by atoms with Crippen molar-refractivity contribution in [3.63, 3.8) is 0 Å². The number of nitrogen functional groups attached to an aromatic ring is 1. The van der Waals surface area contributed by atoms with Crippen LogP contribution in [0.15, 0.2) is 24.3 Å². The van der Waals surface area contributed by atoms with Gasteiger partial charge in [0, 0.05) is 12.2 Å². The van der Waals surface area contributed by atoms with Gasteiger partial charge in [-0.1, -0.05) is 0 Å². The molecule has 1 aromatic carbocycles. The van der Waals surface area contributed by atoms with Gasteiger partial charge >= 0.3 is 0 Å². The number of nitrogens with two attached hydrogens (primary N) is 1. The molecule has 3 N–H and O–H groups in total. The van der Waals surface area contributed by atoms with Gasteiger partial charge in [0.25, 0.3) is 0 Å². The molecule has 0 bridgehead atoms. The lowest BCUT2D eigenvalue weighted by Gasteiger charge is -2.11. The van der Waals surface area contributed by atoms with Crippen molar-refractivity contribution in [1.82, 2.24) is 9.62 Å². The van der Waals surface area contributed by atoms with Gasteiger partial charge < -0.3 is 15.4 Å². The second kappa shape index (κ2) is 8.08. The highest BCUT2D eigenvalue weighted by Crippen LogP contribution is 2.12. The second-order valence-corrected chi connectivity index (χ2v) is 6.71. The number of anilines is 1. The van der Waals surface area contributed by atoms with Gasteiger partial charge in [-0.3, -0.25) is 0 Å². The Morgan fingerprint density at radius 1 is 1.25 bits per heavy atom. The molecular formula is C13H23N3O3S. The summed E-state index contributed by atoms with van der Waals surface area (Å²) in [6, 6.07) is 6.85. The largest absolute Gasteiger partial charge is 0.492 e. The summed E-state index contributed by atoms with van der Waals surface area (Å²) in [5.74, 6) is 0.557. The molecule has 0 fully saturated rings. The predicted octanol–water partition coefficient (Wildman–Crippen LogP) is 0.519. The topological polar surface area (TPSA) is 84.7 Å². The van der Waals surface area contributed by atoms with E-state index in [1.165, 1.54) is 0 Å². The molecule has 0 aromatic heterocycles. The van der Waals surface area contributed by atoms with Crippen molar-refractivity contribution < 1.29 is 13.2 Å². The molecule has 0 saturated heterocycles. The molecular weight excluding hydrogens is 278 g/mol. The lowest BCUT2D eigenvalue weighted by Crippen LogP contribution is -2.31. The Balaban J connectivity index is 2.24. The highest BCUT2D eigenvalue weighted by atomic mass is 32.2. The van der Waals surface area contributed by atoms with E-state index in [2.05, 4.69) is 4.72 Å². The lowest BCUT2D eigenvalue weighted by molar-refractivity contribution is 0.340. The van der Waals surface area contributed by atoms with Crippen LogP contribution in [-0.4, -0.2) is 52.9 Å². The molecule has 0 heterocycles. The Morgan fingerprint density at radius 2 is 1.90 bits per heavy atom. The zero-order chi connectivity index (χ0) is 15.0. The number of rotatable bonds is 9. The first kappa shape index (κ1) is 16.7. The molecule has 6 nitrogen and oxygen atoms in total. The number of ether oxygens (including phenoxy) is 1. The average Bonchev–Trinajstić information content (AvgIpc) is 2.37. The van der Waals surface area contributed by atoms with Gasteiger partial charge in [-0.05, 0) is 51.3 Å². The van der Waals surface area contributed by atoms with Crippen molar-refractivity contribution in [3.8, 4) is 5.75 Å². The van der Waals surface area contributed by atoms with Crippen molar-refractivity contribution in [2.45, 2.75) is 6.42 Å². The van der Waals surface area contributed by atoms with E-state index in [9.17, 15) is 8.42 Å². The Kier molecular flexibility index (Phi) is 6.77. The number of nitrogens with one attached hydrogen (secondary N) is 1. The maximum Gasteiger partial charge on any atom is 0.214 e. The van der Waals surface area contributed by atoms with Crippen LogP contribution in [0.2, 0.25) is 0 Å². The van der Waals surface area contributed by atoms with E-state index in [-0.39, 0.29) is 12.4 Å². The van der Waals surface area contributed by atoms with Gasteiger partial charge in [0.2, 0.25) is 10.0 Å². The second-order valence-electron chi connectivity index (χ2n) is 4.79. The summed E-state index contributed by atoms with van der Waals surface area (Å²) in [7, 11) is 0.631. The zero-order valence-corrected chi connectivity index (χ0v) is 12.8. The van der Waals surface area contributed by atoms with Crippen LogP contribution >= 0.6 is 0 Å². The summed E-state index contributed by atoms with van der Waals surface area (Å²) in [5, 5.41) is 0. The van der Waals surface area contributed by atoms with Crippen LogP contribution in [0.5, 0.6) is 5.75 Å². The van der Waals surface area contributed by atoms with Crippen LogP contribution < -0.4 is 15.2 Å². The van der Waals surface area contributed by atoms with E-state index in [4.69, 9.17) is 10.5 Å². The molecule has 0 saturated carbocycles. The van der Waals surface area contributed by atoms with Crippen molar-refractivity contribution in [1.29, 1.82) is 0 Å². The summed E-state index contributed by atoms with van der Waals surface area (Å²) in [6.45, 7) is 1.42. The summed E-state index contributed by atoms with van der Waals surface area (Å²) in [4.78, 5) is 2.01. The number of benzene rings is 1. The molecule has 114 valence electrons. The SMILES string of the molecule is CN(C)CCCNS(=O)(=O)CCOc1ccc(N)cc1. The van der Waals surface area contributed by atoms with E-state index >= 15 is 0 Å². The average molecular weight is 301 g/mol. The van der Waals surface area contributed by atoms with Gasteiger partial charge in [0.05, 0.1) is 5.75 Å².